The maximum absolute atomic E-state index is 12.1. The lowest BCUT2D eigenvalue weighted by Crippen LogP contribution is -2.09. The Morgan fingerprint density at radius 1 is 0.730 bits per heavy atom. The second-order valence-corrected chi connectivity index (χ2v) is 8.67. The van der Waals surface area contributed by atoms with Crippen LogP contribution in [-0.2, 0) is 0 Å². The molecule has 7 nitrogen and oxygen atoms in total. The van der Waals surface area contributed by atoms with Gasteiger partial charge in [-0.1, -0.05) is 24.3 Å². The third kappa shape index (κ3) is 4.63. The van der Waals surface area contributed by atoms with Gasteiger partial charge in [0.1, 0.15) is 34.7 Å². The fraction of sp³-hybridized carbons (Fsp3) is 0.167. The van der Waals surface area contributed by atoms with Crippen molar-refractivity contribution in [3.63, 3.8) is 0 Å². The molecule has 0 aliphatic rings. The summed E-state index contributed by atoms with van der Waals surface area (Å²) in [5.41, 5.74) is 2.49. The maximum Gasteiger partial charge on any atom is 0.343 e. The number of hydrogen-bond acceptors (Lipinski definition) is 7. The van der Waals surface area contributed by atoms with Crippen LogP contribution in [-0.4, -0.2) is 19.3 Å². The number of furan rings is 1. The summed E-state index contributed by atoms with van der Waals surface area (Å²) in [5.74, 6) is 2.58. The molecule has 0 radical (unpaired) electrons. The van der Waals surface area contributed by atoms with E-state index in [1.807, 2.05) is 60.7 Å². The highest BCUT2D eigenvalue weighted by Gasteiger charge is 2.20. The Balaban J connectivity index is 1.52. The molecule has 37 heavy (non-hydrogen) atoms. The van der Waals surface area contributed by atoms with Crippen LogP contribution in [0.15, 0.2) is 86.4 Å². The lowest BCUT2D eigenvalue weighted by atomic mass is 10.0. The Bertz CT molecular complexity index is 1560. The highest BCUT2D eigenvalue weighted by molar-refractivity contribution is 5.84. The van der Waals surface area contributed by atoms with Crippen LogP contribution >= 0.6 is 0 Å². The number of fused-ring (bicyclic) bond motifs is 1. The van der Waals surface area contributed by atoms with Gasteiger partial charge in [0.05, 0.1) is 19.8 Å². The van der Waals surface area contributed by atoms with Crippen LogP contribution in [0.2, 0.25) is 0 Å². The average molecular weight is 499 g/mol. The van der Waals surface area contributed by atoms with Gasteiger partial charge in [0.25, 0.3) is 0 Å². The zero-order valence-electron chi connectivity index (χ0n) is 20.9. The molecule has 5 rings (SSSR count). The fourth-order valence-electron chi connectivity index (χ4n) is 4.20. The van der Waals surface area contributed by atoms with E-state index in [0.717, 1.165) is 28.0 Å². The van der Waals surface area contributed by atoms with Crippen LogP contribution in [0.1, 0.15) is 28.4 Å². The molecule has 2 aromatic heterocycles. The van der Waals surface area contributed by atoms with Crippen molar-refractivity contribution in [3.05, 3.63) is 105 Å². The number of hydrogen-bond donors (Lipinski definition) is 1. The third-order valence-electron chi connectivity index (χ3n) is 6.35. The Hall–Kier alpha value is -4.65. The largest absolute Gasteiger partial charge is 0.507 e. The van der Waals surface area contributed by atoms with E-state index in [-0.39, 0.29) is 17.1 Å². The Kier molecular flexibility index (Phi) is 6.36. The third-order valence-corrected chi connectivity index (χ3v) is 6.35. The molecule has 188 valence electrons. The van der Waals surface area contributed by atoms with E-state index in [4.69, 9.17) is 23.0 Å². The maximum atomic E-state index is 12.1. The topological polar surface area (TPSA) is 91.3 Å². The summed E-state index contributed by atoms with van der Waals surface area (Å²) in [6.45, 7) is 3.19. The Morgan fingerprint density at radius 2 is 1.30 bits per heavy atom. The smallest absolute Gasteiger partial charge is 0.343 e. The molecule has 0 aliphatic carbocycles. The molecular formula is C30H26O7. The zero-order valence-corrected chi connectivity index (χ0v) is 20.9. The van der Waals surface area contributed by atoms with Gasteiger partial charge in [0, 0.05) is 10.9 Å². The molecule has 5 aromatic rings. The van der Waals surface area contributed by atoms with Crippen LogP contribution in [0.5, 0.6) is 23.0 Å². The molecule has 0 amide bonds. The zero-order chi connectivity index (χ0) is 26.1. The number of ether oxygens (including phenoxy) is 3. The van der Waals surface area contributed by atoms with Gasteiger partial charge in [-0.25, -0.2) is 4.79 Å². The highest BCUT2D eigenvalue weighted by Crippen LogP contribution is 2.36. The van der Waals surface area contributed by atoms with Crippen LogP contribution in [0, 0.1) is 13.8 Å². The van der Waals surface area contributed by atoms with Crippen LogP contribution in [0.4, 0.5) is 0 Å². The fourth-order valence-corrected chi connectivity index (χ4v) is 4.20. The molecule has 0 aliphatic heterocycles. The average Bonchev–Trinajstić information content (AvgIpc) is 3.36. The quantitative estimate of drug-likeness (QED) is 0.272. The molecule has 0 unspecified atom stereocenters. The molecule has 0 spiro atoms. The summed E-state index contributed by atoms with van der Waals surface area (Å²) >= 11 is 0. The first kappa shape index (κ1) is 24.1. The van der Waals surface area contributed by atoms with Gasteiger partial charge in [0.15, 0.2) is 11.5 Å². The minimum atomic E-state index is -0.607. The Labute approximate surface area is 213 Å². The number of methoxy groups -OCH3 is 2. The summed E-state index contributed by atoms with van der Waals surface area (Å²) in [5, 5.41) is 11.1. The van der Waals surface area contributed by atoms with E-state index in [9.17, 15) is 9.90 Å². The normalized spacial score (nSPS) is 11.2. The minimum absolute atomic E-state index is 0.0995. The standard InChI is InChI=1S/C30H26O7/c1-17-27(31)18(2)30(32)37-28(17)26-16-21-15-24(13-14-25(21)36-26)35-29(19-5-9-22(33-3)10-6-19)20-7-11-23(34-4)12-8-20/h5-16,29,31H,1-4H3. The van der Waals surface area contributed by atoms with E-state index in [1.54, 1.807) is 33.3 Å². The van der Waals surface area contributed by atoms with Gasteiger partial charge in [0.2, 0.25) is 0 Å². The van der Waals surface area contributed by atoms with Crippen molar-refractivity contribution in [1.82, 2.24) is 0 Å². The van der Waals surface area contributed by atoms with E-state index in [2.05, 4.69) is 0 Å². The molecule has 0 atom stereocenters. The number of aromatic hydroxyl groups is 1. The van der Waals surface area contributed by atoms with Crippen LogP contribution in [0.3, 0.4) is 0 Å². The Morgan fingerprint density at radius 3 is 1.86 bits per heavy atom. The predicted molar refractivity (Wildman–Crippen MR) is 140 cm³/mol. The molecule has 0 saturated carbocycles. The van der Waals surface area contributed by atoms with Crippen LogP contribution in [0.25, 0.3) is 22.5 Å². The second-order valence-electron chi connectivity index (χ2n) is 8.67. The van der Waals surface area contributed by atoms with Crippen molar-refractivity contribution in [1.29, 1.82) is 0 Å². The monoisotopic (exact) mass is 498 g/mol. The van der Waals surface area contributed by atoms with Crippen molar-refractivity contribution in [2.24, 2.45) is 0 Å². The van der Waals surface area contributed by atoms with E-state index in [1.165, 1.54) is 6.92 Å². The predicted octanol–water partition coefficient (Wildman–Crippen LogP) is 6.56. The van der Waals surface area contributed by atoms with Gasteiger partial charge >= 0.3 is 5.63 Å². The summed E-state index contributed by atoms with van der Waals surface area (Å²) < 4.78 is 28.5. The minimum Gasteiger partial charge on any atom is -0.507 e. The number of rotatable bonds is 7. The molecule has 0 bridgehead atoms. The van der Waals surface area contributed by atoms with Crippen LogP contribution < -0.4 is 19.8 Å². The SMILES string of the molecule is COc1ccc(C(Oc2ccc3oc(-c4oc(=O)c(C)c(O)c4C)cc3c2)c2ccc(OC)cc2)cc1. The molecule has 0 saturated heterocycles. The molecule has 7 heteroatoms. The molecular weight excluding hydrogens is 472 g/mol. The van der Waals surface area contributed by atoms with Crippen molar-refractivity contribution < 1.29 is 28.2 Å². The summed E-state index contributed by atoms with van der Waals surface area (Å²) in [6.07, 6.45) is -0.394. The lowest BCUT2D eigenvalue weighted by molar-refractivity contribution is 0.247. The first-order valence-corrected chi connectivity index (χ1v) is 11.7. The summed E-state index contributed by atoms with van der Waals surface area (Å²) in [4.78, 5) is 12.1. The molecule has 3 aromatic carbocycles. The molecule has 0 fully saturated rings. The van der Waals surface area contributed by atoms with Crippen molar-refractivity contribution >= 4 is 11.0 Å². The van der Waals surface area contributed by atoms with E-state index >= 15 is 0 Å². The molecule has 2 heterocycles. The first-order valence-electron chi connectivity index (χ1n) is 11.7. The van der Waals surface area contributed by atoms with Gasteiger partial charge < -0.3 is 28.2 Å². The molecule has 1 N–H and O–H groups in total. The highest BCUT2D eigenvalue weighted by atomic mass is 16.5. The van der Waals surface area contributed by atoms with Crippen molar-refractivity contribution in [2.45, 2.75) is 20.0 Å². The van der Waals surface area contributed by atoms with Gasteiger partial charge in [-0.15, -0.1) is 0 Å². The summed E-state index contributed by atoms with van der Waals surface area (Å²) in [6, 6.07) is 22.7. The van der Waals surface area contributed by atoms with Gasteiger partial charge in [-0.3, -0.25) is 0 Å². The lowest BCUT2D eigenvalue weighted by Gasteiger charge is -2.21. The van der Waals surface area contributed by atoms with E-state index in [0.29, 0.717) is 22.7 Å². The van der Waals surface area contributed by atoms with Crippen molar-refractivity contribution in [3.8, 4) is 34.5 Å². The first-order chi connectivity index (χ1) is 17.9. The van der Waals surface area contributed by atoms with Gasteiger partial charge in [-0.2, -0.15) is 0 Å². The number of benzene rings is 3. The second kappa shape index (κ2) is 9.78. The van der Waals surface area contributed by atoms with Crippen molar-refractivity contribution in [2.75, 3.05) is 14.2 Å². The van der Waals surface area contributed by atoms with E-state index < -0.39 is 11.7 Å². The summed E-state index contributed by atoms with van der Waals surface area (Å²) in [7, 11) is 3.26. The van der Waals surface area contributed by atoms with Gasteiger partial charge in [-0.05, 0) is 73.5 Å².